The van der Waals surface area contributed by atoms with E-state index in [2.05, 4.69) is 4.72 Å². The molecule has 0 aliphatic carbocycles. The zero-order valence-electron chi connectivity index (χ0n) is 12.4. The monoisotopic (exact) mass is 301 g/mol. The Bertz CT molecular complexity index is 521. The SMILES string of the molecule is COCC(C)(O)CNS(=O)(=O)c1ccc(C(C)C)cc1. The van der Waals surface area contributed by atoms with Crippen molar-refractivity contribution in [2.75, 3.05) is 20.3 Å². The smallest absolute Gasteiger partial charge is 0.240 e. The second kappa shape index (κ2) is 6.67. The average molecular weight is 301 g/mol. The Kier molecular flexibility index (Phi) is 5.70. The van der Waals surface area contributed by atoms with Crippen LogP contribution >= 0.6 is 0 Å². The highest BCUT2D eigenvalue weighted by Gasteiger charge is 2.24. The van der Waals surface area contributed by atoms with Gasteiger partial charge in [0.05, 0.1) is 17.1 Å². The second-order valence-corrected chi connectivity index (χ2v) is 7.25. The molecule has 0 saturated carbocycles. The summed E-state index contributed by atoms with van der Waals surface area (Å²) in [7, 11) is -2.17. The van der Waals surface area contributed by atoms with E-state index in [4.69, 9.17) is 4.74 Å². The van der Waals surface area contributed by atoms with E-state index in [0.29, 0.717) is 5.92 Å². The number of rotatable bonds is 7. The number of benzene rings is 1. The van der Waals surface area contributed by atoms with Crippen LogP contribution in [0.5, 0.6) is 0 Å². The van der Waals surface area contributed by atoms with Crippen LogP contribution < -0.4 is 4.72 Å². The summed E-state index contributed by atoms with van der Waals surface area (Å²) in [6.07, 6.45) is 0. The molecule has 0 radical (unpaired) electrons. The average Bonchev–Trinajstić information content (AvgIpc) is 2.37. The molecule has 0 spiro atoms. The summed E-state index contributed by atoms with van der Waals surface area (Å²) < 4.78 is 31.4. The first-order valence-electron chi connectivity index (χ1n) is 6.49. The summed E-state index contributed by atoms with van der Waals surface area (Å²) >= 11 is 0. The Hall–Kier alpha value is -0.950. The second-order valence-electron chi connectivity index (χ2n) is 5.48. The molecular weight excluding hydrogens is 278 g/mol. The molecule has 20 heavy (non-hydrogen) atoms. The maximum absolute atomic E-state index is 12.1. The molecule has 114 valence electrons. The Balaban J connectivity index is 2.79. The molecule has 1 atom stereocenters. The summed E-state index contributed by atoms with van der Waals surface area (Å²) in [5, 5.41) is 9.89. The number of hydrogen-bond donors (Lipinski definition) is 2. The van der Waals surface area contributed by atoms with Gasteiger partial charge in [-0.1, -0.05) is 26.0 Å². The van der Waals surface area contributed by atoms with Gasteiger partial charge in [0.25, 0.3) is 0 Å². The highest BCUT2D eigenvalue weighted by Crippen LogP contribution is 2.17. The number of sulfonamides is 1. The first kappa shape index (κ1) is 17.1. The predicted octanol–water partition coefficient (Wildman–Crippen LogP) is 1.49. The minimum absolute atomic E-state index is 0.0573. The molecule has 0 fully saturated rings. The van der Waals surface area contributed by atoms with Crippen LogP contribution in [0, 0.1) is 0 Å². The lowest BCUT2D eigenvalue weighted by molar-refractivity contribution is -0.0119. The molecule has 0 saturated heterocycles. The van der Waals surface area contributed by atoms with Crippen molar-refractivity contribution in [3.8, 4) is 0 Å². The van der Waals surface area contributed by atoms with Crippen LogP contribution in [0.25, 0.3) is 0 Å². The molecule has 1 unspecified atom stereocenters. The summed E-state index contributed by atoms with van der Waals surface area (Å²) in [5.41, 5.74) is -0.157. The van der Waals surface area contributed by atoms with E-state index in [1.165, 1.54) is 14.0 Å². The third kappa shape index (κ3) is 4.86. The normalized spacial score (nSPS) is 15.3. The van der Waals surface area contributed by atoms with Crippen LogP contribution in [0.3, 0.4) is 0 Å². The van der Waals surface area contributed by atoms with E-state index in [1.807, 2.05) is 13.8 Å². The van der Waals surface area contributed by atoms with Crippen LogP contribution in [0.1, 0.15) is 32.3 Å². The lowest BCUT2D eigenvalue weighted by Crippen LogP contribution is -2.43. The van der Waals surface area contributed by atoms with E-state index >= 15 is 0 Å². The minimum Gasteiger partial charge on any atom is -0.386 e. The molecule has 0 aliphatic rings. The van der Waals surface area contributed by atoms with E-state index in [0.717, 1.165) is 5.56 Å². The third-order valence-electron chi connectivity index (χ3n) is 2.96. The zero-order chi connectivity index (χ0) is 15.4. The van der Waals surface area contributed by atoms with Crippen molar-refractivity contribution in [3.05, 3.63) is 29.8 Å². The van der Waals surface area contributed by atoms with Crippen molar-refractivity contribution < 1.29 is 18.3 Å². The number of ether oxygens (including phenoxy) is 1. The van der Waals surface area contributed by atoms with Crippen LogP contribution in [-0.4, -0.2) is 39.4 Å². The van der Waals surface area contributed by atoms with Gasteiger partial charge in [0.1, 0.15) is 0 Å². The molecular formula is C14H23NO4S. The lowest BCUT2D eigenvalue weighted by Gasteiger charge is -2.22. The van der Waals surface area contributed by atoms with Crippen LogP contribution in [-0.2, 0) is 14.8 Å². The van der Waals surface area contributed by atoms with Crippen molar-refractivity contribution >= 4 is 10.0 Å². The van der Waals surface area contributed by atoms with Gasteiger partial charge in [0.2, 0.25) is 10.0 Å². The Morgan fingerprint density at radius 1 is 1.30 bits per heavy atom. The van der Waals surface area contributed by atoms with Crippen molar-refractivity contribution in [1.82, 2.24) is 4.72 Å². The molecule has 2 N–H and O–H groups in total. The Morgan fingerprint density at radius 3 is 2.30 bits per heavy atom. The van der Waals surface area contributed by atoms with Crippen molar-refractivity contribution in [2.24, 2.45) is 0 Å². The highest BCUT2D eigenvalue weighted by molar-refractivity contribution is 7.89. The van der Waals surface area contributed by atoms with Crippen molar-refractivity contribution in [1.29, 1.82) is 0 Å². The van der Waals surface area contributed by atoms with Gasteiger partial charge in [0, 0.05) is 13.7 Å². The summed E-state index contributed by atoms with van der Waals surface area (Å²) in [6.45, 7) is 5.56. The molecule has 0 bridgehead atoms. The van der Waals surface area contributed by atoms with Gasteiger partial charge >= 0.3 is 0 Å². The molecule has 1 aromatic rings. The predicted molar refractivity (Wildman–Crippen MR) is 78.2 cm³/mol. The third-order valence-corrected chi connectivity index (χ3v) is 4.37. The fourth-order valence-corrected chi connectivity index (χ4v) is 2.89. The van der Waals surface area contributed by atoms with Gasteiger partial charge in [-0.2, -0.15) is 0 Å². The highest BCUT2D eigenvalue weighted by atomic mass is 32.2. The quantitative estimate of drug-likeness (QED) is 0.800. The largest absolute Gasteiger partial charge is 0.386 e. The lowest BCUT2D eigenvalue weighted by atomic mass is 10.0. The van der Waals surface area contributed by atoms with Gasteiger partial charge in [-0.15, -0.1) is 0 Å². The minimum atomic E-state index is -3.62. The van der Waals surface area contributed by atoms with Gasteiger partial charge in [-0.05, 0) is 30.5 Å². The van der Waals surface area contributed by atoms with Gasteiger partial charge in [0.15, 0.2) is 0 Å². The summed E-state index contributed by atoms with van der Waals surface area (Å²) in [4.78, 5) is 0.190. The van der Waals surface area contributed by atoms with Crippen LogP contribution in [0.4, 0.5) is 0 Å². The van der Waals surface area contributed by atoms with E-state index in [1.54, 1.807) is 24.3 Å². The summed E-state index contributed by atoms with van der Waals surface area (Å²) in [6, 6.07) is 6.74. The molecule has 5 nitrogen and oxygen atoms in total. The van der Waals surface area contributed by atoms with Crippen LogP contribution in [0.15, 0.2) is 29.2 Å². The van der Waals surface area contributed by atoms with E-state index in [9.17, 15) is 13.5 Å². The van der Waals surface area contributed by atoms with Gasteiger partial charge in [-0.3, -0.25) is 0 Å². The standard InChI is InChI=1S/C14H23NO4S/c1-11(2)12-5-7-13(8-6-12)20(17,18)15-9-14(3,16)10-19-4/h5-8,11,15-16H,9-10H2,1-4H3. The molecule has 0 aromatic heterocycles. The first-order chi connectivity index (χ1) is 9.18. The maximum Gasteiger partial charge on any atom is 0.240 e. The fourth-order valence-electron chi connectivity index (χ4n) is 1.73. The fraction of sp³-hybridized carbons (Fsp3) is 0.571. The van der Waals surface area contributed by atoms with Crippen molar-refractivity contribution in [2.45, 2.75) is 37.2 Å². The molecule has 0 amide bonds. The molecule has 0 heterocycles. The van der Waals surface area contributed by atoms with Crippen molar-refractivity contribution in [3.63, 3.8) is 0 Å². The Morgan fingerprint density at radius 2 is 1.85 bits per heavy atom. The number of nitrogens with one attached hydrogen (secondary N) is 1. The molecule has 1 rings (SSSR count). The van der Waals surface area contributed by atoms with E-state index in [-0.39, 0.29) is 18.0 Å². The molecule has 1 aromatic carbocycles. The summed E-state index contributed by atoms with van der Waals surface area (Å²) in [5.74, 6) is 0.349. The van der Waals surface area contributed by atoms with Crippen LogP contribution in [0.2, 0.25) is 0 Å². The van der Waals surface area contributed by atoms with Gasteiger partial charge in [-0.25, -0.2) is 13.1 Å². The first-order valence-corrected chi connectivity index (χ1v) is 7.97. The zero-order valence-corrected chi connectivity index (χ0v) is 13.2. The topological polar surface area (TPSA) is 75.6 Å². The maximum atomic E-state index is 12.1. The Labute approximate surface area is 121 Å². The van der Waals surface area contributed by atoms with E-state index < -0.39 is 15.6 Å². The molecule has 6 heteroatoms. The number of aliphatic hydroxyl groups is 1. The number of hydrogen-bond acceptors (Lipinski definition) is 4. The molecule has 0 aliphatic heterocycles. The number of methoxy groups -OCH3 is 1. The van der Waals surface area contributed by atoms with Gasteiger partial charge < -0.3 is 9.84 Å².